The van der Waals surface area contributed by atoms with Crippen LogP contribution in [0.15, 0.2) is 58.0 Å². The fourth-order valence-corrected chi connectivity index (χ4v) is 4.09. The molecule has 3 aromatic rings. The summed E-state index contributed by atoms with van der Waals surface area (Å²) in [5, 5.41) is 6.01. The normalized spacial score (nSPS) is 17.2. The Labute approximate surface area is 175 Å². The number of nitrogens with zero attached hydrogens (tertiary/aromatic N) is 2. The van der Waals surface area contributed by atoms with Crippen LogP contribution in [0.3, 0.4) is 0 Å². The van der Waals surface area contributed by atoms with E-state index < -0.39 is 0 Å². The minimum atomic E-state index is -0.306. The highest BCUT2D eigenvalue weighted by atomic mass is 16.3. The molecule has 0 saturated heterocycles. The van der Waals surface area contributed by atoms with Crippen LogP contribution in [0.5, 0.6) is 0 Å². The highest BCUT2D eigenvalue weighted by Gasteiger charge is 2.35. The Morgan fingerprint density at radius 2 is 2.13 bits per heavy atom. The second-order valence-corrected chi connectivity index (χ2v) is 8.66. The van der Waals surface area contributed by atoms with E-state index in [0.29, 0.717) is 12.2 Å². The van der Waals surface area contributed by atoms with Crippen LogP contribution in [-0.4, -0.2) is 15.6 Å². The highest BCUT2D eigenvalue weighted by Crippen LogP contribution is 2.42. The molecule has 0 aliphatic heterocycles. The molecular weight excluding hydrogens is 380 g/mol. The molecule has 2 N–H and O–H groups in total. The van der Waals surface area contributed by atoms with Crippen molar-refractivity contribution in [3.63, 3.8) is 0 Å². The maximum Gasteiger partial charge on any atom is 0.347 e. The van der Waals surface area contributed by atoms with Crippen molar-refractivity contribution in [2.24, 2.45) is 5.41 Å². The lowest BCUT2D eigenvalue weighted by Gasteiger charge is -2.34. The molecule has 7 heteroatoms. The molecule has 0 fully saturated rings. The standard InChI is InChI=1S/C23H26N4O3/c1-15-10-18-19(12-23(2,3)13-20(18)30-15)26-21(28)25-17-7-4-6-16(11-17)14-27-9-5-8-24-22(27)29/h4-11,19H,12-14H2,1-3H3,(H2,25,26,28)/t19-/m1/s1. The molecule has 0 bridgehead atoms. The van der Waals surface area contributed by atoms with E-state index in [4.69, 9.17) is 4.42 Å². The monoisotopic (exact) mass is 406 g/mol. The third-order valence-electron chi connectivity index (χ3n) is 5.36. The first-order valence-corrected chi connectivity index (χ1v) is 10.1. The molecule has 0 saturated carbocycles. The van der Waals surface area contributed by atoms with E-state index in [-0.39, 0.29) is 23.2 Å². The second kappa shape index (κ2) is 7.82. The van der Waals surface area contributed by atoms with E-state index in [1.165, 1.54) is 10.8 Å². The number of urea groups is 1. The van der Waals surface area contributed by atoms with Crippen LogP contribution in [0.1, 0.15) is 49.0 Å². The summed E-state index contributed by atoms with van der Waals surface area (Å²) >= 11 is 0. The minimum absolute atomic E-state index is 0.0478. The Morgan fingerprint density at radius 3 is 2.93 bits per heavy atom. The van der Waals surface area contributed by atoms with Crippen LogP contribution < -0.4 is 16.3 Å². The summed E-state index contributed by atoms with van der Waals surface area (Å²) in [7, 11) is 0. The summed E-state index contributed by atoms with van der Waals surface area (Å²) in [6.07, 6.45) is 4.88. The van der Waals surface area contributed by atoms with Gasteiger partial charge >= 0.3 is 11.7 Å². The number of anilines is 1. The molecular formula is C23H26N4O3. The summed E-state index contributed by atoms with van der Waals surface area (Å²) in [5.41, 5.74) is 2.37. The molecule has 30 heavy (non-hydrogen) atoms. The van der Waals surface area contributed by atoms with E-state index >= 15 is 0 Å². The number of hydrogen-bond donors (Lipinski definition) is 2. The van der Waals surface area contributed by atoms with Gasteiger partial charge in [0.25, 0.3) is 0 Å². The van der Waals surface area contributed by atoms with Gasteiger partial charge in [0.05, 0.1) is 12.6 Å². The Bertz CT molecular complexity index is 1130. The number of hydrogen-bond acceptors (Lipinski definition) is 4. The maximum atomic E-state index is 12.7. The van der Waals surface area contributed by atoms with Crippen molar-refractivity contribution in [1.82, 2.24) is 14.9 Å². The molecule has 1 aliphatic carbocycles. The molecule has 2 aromatic heterocycles. The number of carbonyl (C=O) groups excluding carboxylic acids is 1. The Morgan fingerprint density at radius 1 is 1.30 bits per heavy atom. The van der Waals surface area contributed by atoms with Crippen LogP contribution >= 0.6 is 0 Å². The predicted octanol–water partition coefficient (Wildman–Crippen LogP) is 4.03. The molecule has 0 unspecified atom stereocenters. The van der Waals surface area contributed by atoms with Crippen LogP contribution in [0.25, 0.3) is 0 Å². The summed E-state index contributed by atoms with van der Waals surface area (Å²) in [6, 6.07) is 10.8. The van der Waals surface area contributed by atoms with Gasteiger partial charge < -0.3 is 15.1 Å². The van der Waals surface area contributed by atoms with E-state index in [0.717, 1.165) is 35.5 Å². The van der Waals surface area contributed by atoms with Crippen molar-refractivity contribution in [2.75, 3.05) is 5.32 Å². The molecule has 1 aromatic carbocycles. The summed E-state index contributed by atoms with van der Waals surface area (Å²) in [5.74, 6) is 1.82. The number of nitrogens with one attached hydrogen (secondary N) is 2. The van der Waals surface area contributed by atoms with Gasteiger partial charge in [-0.3, -0.25) is 4.57 Å². The highest BCUT2D eigenvalue weighted by molar-refractivity contribution is 5.89. The average molecular weight is 406 g/mol. The van der Waals surface area contributed by atoms with E-state index in [9.17, 15) is 9.59 Å². The topological polar surface area (TPSA) is 89.2 Å². The first-order valence-electron chi connectivity index (χ1n) is 10.1. The summed E-state index contributed by atoms with van der Waals surface area (Å²) < 4.78 is 7.37. The van der Waals surface area contributed by atoms with Crippen molar-refractivity contribution in [3.8, 4) is 0 Å². The molecule has 2 heterocycles. The van der Waals surface area contributed by atoms with Gasteiger partial charge in [-0.15, -0.1) is 0 Å². The zero-order valence-electron chi connectivity index (χ0n) is 17.4. The van der Waals surface area contributed by atoms with Gasteiger partial charge in [0.1, 0.15) is 11.5 Å². The first-order chi connectivity index (χ1) is 14.3. The number of carbonyl (C=O) groups is 1. The van der Waals surface area contributed by atoms with Crippen molar-refractivity contribution in [2.45, 2.75) is 46.2 Å². The van der Waals surface area contributed by atoms with Crippen LogP contribution in [-0.2, 0) is 13.0 Å². The smallest absolute Gasteiger partial charge is 0.347 e. The first kappa shape index (κ1) is 19.9. The molecule has 0 radical (unpaired) electrons. The van der Waals surface area contributed by atoms with Gasteiger partial charge in [0.2, 0.25) is 0 Å². The van der Waals surface area contributed by atoms with Gasteiger partial charge in [-0.2, -0.15) is 0 Å². The number of fused-ring (bicyclic) bond motifs is 1. The second-order valence-electron chi connectivity index (χ2n) is 8.66. The molecule has 1 aliphatic rings. The number of benzene rings is 1. The van der Waals surface area contributed by atoms with Crippen LogP contribution in [0, 0.1) is 12.3 Å². The number of amides is 2. The molecule has 4 rings (SSSR count). The van der Waals surface area contributed by atoms with Crippen molar-refractivity contribution < 1.29 is 9.21 Å². The quantitative estimate of drug-likeness (QED) is 0.685. The number of aromatic nitrogens is 2. The number of rotatable bonds is 4. The largest absolute Gasteiger partial charge is 0.466 e. The van der Waals surface area contributed by atoms with Gasteiger partial charge in [-0.05, 0) is 48.6 Å². The van der Waals surface area contributed by atoms with Crippen LogP contribution in [0.4, 0.5) is 10.5 Å². The van der Waals surface area contributed by atoms with E-state index in [1.807, 2.05) is 37.3 Å². The SMILES string of the molecule is Cc1cc2c(o1)CC(C)(C)C[C@H]2NC(=O)Nc1cccc(Cn2cccnc2=O)c1. The minimum Gasteiger partial charge on any atom is -0.466 e. The average Bonchev–Trinajstić information content (AvgIpc) is 3.03. The zero-order valence-corrected chi connectivity index (χ0v) is 17.4. The molecule has 1 atom stereocenters. The van der Waals surface area contributed by atoms with E-state index in [1.54, 1.807) is 12.3 Å². The molecule has 7 nitrogen and oxygen atoms in total. The van der Waals surface area contributed by atoms with Gasteiger partial charge in [-0.25, -0.2) is 14.6 Å². The lowest BCUT2D eigenvalue weighted by Crippen LogP contribution is -2.38. The van der Waals surface area contributed by atoms with Crippen LogP contribution in [0.2, 0.25) is 0 Å². The third-order valence-corrected chi connectivity index (χ3v) is 5.36. The summed E-state index contributed by atoms with van der Waals surface area (Å²) in [4.78, 5) is 28.3. The van der Waals surface area contributed by atoms with Crippen molar-refractivity contribution in [3.05, 3.63) is 81.9 Å². The van der Waals surface area contributed by atoms with E-state index in [2.05, 4.69) is 29.5 Å². The molecule has 156 valence electrons. The molecule has 2 amide bonds. The fraction of sp³-hybridized carbons (Fsp3) is 0.348. The third kappa shape index (κ3) is 4.45. The van der Waals surface area contributed by atoms with Crippen molar-refractivity contribution >= 4 is 11.7 Å². The fourth-order valence-electron chi connectivity index (χ4n) is 4.09. The van der Waals surface area contributed by atoms with Gasteiger partial charge in [0.15, 0.2) is 0 Å². The summed E-state index contributed by atoms with van der Waals surface area (Å²) in [6.45, 7) is 6.69. The lowest BCUT2D eigenvalue weighted by atomic mass is 9.75. The van der Waals surface area contributed by atoms with Gasteiger partial charge in [0, 0.05) is 30.1 Å². The van der Waals surface area contributed by atoms with Crippen molar-refractivity contribution in [1.29, 1.82) is 0 Å². The Hall–Kier alpha value is -3.35. The maximum absolute atomic E-state index is 12.7. The number of furan rings is 1. The Kier molecular flexibility index (Phi) is 5.20. The lowest BCUT2D eigenvalue weighted by molar-refractivity contribution is 0.222. The Balaban J connectivity index is 1.46. The predicted molar refractivity (Wildman–Crippen MR) is 114 cm³/mol. The zero-order chi connectivity index (χ0) is 21.3. The molecule has 0 spiro atoms. The number of aryl methyl sites for hydroxylation is 1. The van der Waals surface area contributed by atoms with Gasteiger partial charge in [-0.1, -0.05) is 26.0 Å².